The van der Waals surface area contributed by atoms with Crippen LogP contribution in [0, 0.1) is 4.77 Å². The maximum absolute atomic E-state index is 9.86. The van der Waals surface area contributed by atoms with Crippen LogP contribution in [0.3, 0.4) is 0 Å². The van der Waals surface area contributed by atoms with E-state index in [1.807, 2.05) is 30.3 Å². The fourth-order valence-corrected chi connectivity index (χ4v) is 2.09. The zero-order valence-corrected chi connectivity index (χ0v) is 10.5. The summed E-state index contributed by atoms with van der Waals surface area (Å²) >= 11 is 5.05. The van der Waals surface area contributed by atoms with Crippen LogP contribution >= 0.6 is 12.2 Å². The van der Waals surface area contributed by atoms with Crippen LogP contribution in [0.4, 0.5) is 0 Å². The van der Waals surface area contributed by atoms with Crippen LogP contribution in [0.2, 0.25) is 0 Å². The third kappa shape index (κ3) is 1.69. The van der Waals surface area contributed by atoms with E-state index in [-0.39, 0.29) is 5.88 Å². The number of rotatable bonds is 1. The highest BCUT2D eigenvalue weighted by Crippen LogP contribution is 2.19. The second-order valence-electron chi connectivity index (χ2n) is 4.11. The summed E-state index contributed by atoms with van der Waals surface area (Å²) in [6, 6.07) is 7.89. The summed E-state index contributed by atoms with van der Waals surface area (Å²) in [6.45, 7) is 0. The number of benzene rings is 1. The minimum atomic E-state index is 0.118. The number of aromatic nitrogens is 2. The molecular weight excluding hydrogens is 246 g/mol. The average Bonchev–Trinajstić information content (AvgIpc) is 2.87. The van der Waals surface area contributed by atoms with Crippen molar-refractivity contribution in [3.8, 4) is 5.88 Å². The number of aromatic hydroxyl groups is 1. The van der Waals surface area contributed by atoms with Gasteiger partial charge in [-0.1, -0.05) is 18.2 Å². The summed E-state index contributed by atoms with van der Waals surface area (Å²) < 4.78 is 2.00. The van der Waals surface area contributed by atoms with Gasteiger partial charge in [0.05, 0.1) is 11.1 Å². The van der Waals surface area contributed by atoms with Crippen molar-refractivity contribution < 1.29 is 5.11 Å². The van der Waals surface area contributed by atoms with Gasteiger partial charge in [-0.15, -0.1) is 0 Å². The van der Waals surface area contributed by atoms with E-state index >= 15 is 0 Å². The van der Waals surface area contributed by atoms with Crippen molar-refractivity contribution in [3.05, 3.63) is 51.0 Å². The minimum Gasteiger partial charge on any atom is -0.493 e. The van der Waals surface area contributed by atoms with Crippen molar-refractivity contribution in [2.24, 2.45) is 12.0 Å². The lowest BCUT2D eigenvalue weighted by Crippen LogP contribution is -2.19. The number of para-hydroxylation sites is 1. The van der Waals surface area contributed by atoms with E-state index in [0.29, 0.717) is 10.5 Å². The van der Waals surface area contributed by atoms with Crippen LogP contribution in [0.5, 0.6) is 5.88 Å². The van der Waals surface area contributed by atoms with Crippen LogP contribution in [0.1, 0.15) is 5.69 Å². The summed E-state index contributed by atoms with van der Waals surface area (Å²) in [4.78, 5) is 7.40. The molecule has 1 aromatic carbocycles. The Balaban J connectivity index is 2.13. The van der Waals surface area contributed by atoms with Gasteiger partial charge in [-0.2, -0.15) is 0 Å². The zero-order chi connectivity index (χ0) is 12.7. The molecule has 0 unspecified atom stereocenters. The number of hydrogen-bond donors (Lipinski definition) is 2. The SMILES string of the molecule is Cn1c(O)c(/C=C2/C=c3ccccc3=N2)[nH]c1=S. The third-order valence-electron chi connectivity index (χ3n) is 2.89. The molecule has 0 saturated heterocycles. The van der Waals surface area contributed by atoms with E-state index in [1.54, 1.807) is 13.1 Å². The lowest BCUT2D eigenvalue weighted by Gasteiger charge is -1.93. The number of imidazole rings is 1. The van der Waals surface area contributed by atoms with E-state index in [9.17, 15) is 5.11 Å². The van der Waals surface area contributed by atoms with Crippen molar-refractivity contribution in [1.29, 1.82) is 0 Å². The molecule has 2 aromatic rings. The van der Waals surface area contributed by atoms with Gasteiger partial charge >= 0.3 is 0 Å². The molecule has 0 atom stereocenters. The van der Waals surface area contributed by atoms with Gasteiger partial charge in [-0.3, -0.25) is 4.57 Å². The van der Waals surface area contributed by atoms with E-state index in [2.05, 4.69) is 9.98 Å². The Bertz CT molecular complexity index is 790. The fourth-order valence-electron chi connectivity index (χ4n) is 1.90. The molecule has 5 heteroatoms. The Kier molecular flexibility index (Phi) is 2.41. The highest BCUT2D eigenvalue weighted by atomic mass is 32.1. The molecule has 0 amide bonds. The van der Waals surface area contributed by atoms with Crippen LogP contribution in [0.15, 0.2) is 35.0 Å². The minimum absolute atomic E-state index is 0.118. The maximum atomic E-state index is 9.86. The monoisotopic (exact) mass is 257 g/mol. The molecule has 3 rings (SSSR count). The molecule has 1 aromatic heterocycles. The van der Waals surface area contributed by atoms with Gasteiger partial charge in [0.2, 0.25) is 5.88 Å². The van der Waals surface area contributed by atoms with Gasteiger partial charge in [0.25, 0.3) is 0 Å². The number of allylic oxidation sites excluding steroid dienone is 1. The van der Waals surface area contributed by atoms with Gasteiger partial charge in [-0.25, -0.2) is 4.99 Å². The molecular formula is C13H11N3OS. The van der Waals surface area contributed by atoms with Crippen molar-refractivity contribution in [2.45, 2.75) is 0 Å². The second-order valence-corrected chi connectivity index (χ2v) is 4.50. The highest BCUT2D eigenvalue weighted by Gasteiger charge is 2.07. The number of hydrogen-bond acceptors (Lipinski definition) is 3. The predicted octanol–water partition coefficient (Wildman–Crippen LogP) is 1.24. The average molecular weight is 257 g/mol. The first-order valence-corrected chi connectivity index (χ1v) is 5.91. The molecule has 18 heavy (non-hydrogen) atoms. The lowest BCUT2D eigenvalue weighted by molar-refractivity contribution is 0.430. The molecule has 1 aliphatic rings. The normalized spacial score (nSPS) is 15.3. The Hall–Kier alpha value is -2.14. The van der Waals surface area contributed by atoms with Crippen LogP contribution in [-0.4, -0.2) is 14.7 Å². The van der Waals surface area contributed by atoms with Crippen molar-refractivity contribution >= 4 is 24.4 Å². The summed E-state index contributed by atoms with van der Waals surface area (Å²) in [7, 11) is 1.71. The Labute approximate surface area is 108 Å². The molecule has 0 radical (unpaired) electrons. The maximum Gasteiger partial charge on any atom is 0.217 e. The van der Waals surface area contributed by atoms with Crippen molar-refractivity contribution in [2.75, 3.05) is 0 Å². The predicted molar refractivity (Wildman–Crippen MR) is 71.9 cm³/mol. The number of nitrogens with one attached hydrogen (secondary N) is 1. The zero-order valence-electron chi connectivity index (χ0n) is 9.71. The number of H-pyrrole nitrogens is 1. The standard InChI is InChI=1S/C13H11N3OS/c1-16-12(17)11(15-13(16)18)7-9-6-8-4-2-3-5-10(8)14-9/h2-7,17H,1H3,(H,15,18)/b9-7-. The summed E-state index contributed by atoms with van der Waals surface area (Å²) in [6.07, 6.45) is 3.75. The van der Waals surface area contributed by atoms with Gasteiger partial charge in [0.15, 0.2) is 4.77 Å². The fraction of sp³-hybridized carbons (Fsp3) is 0.0769. The lowest BCUT2D eigenvalue weighted by atomic mass is 10.2. The first kappa shape index (κ1) is 11.0. The smallest absolute Gasteiger partial charge is 0.217 e. The first-order valence-electron chi connectivity index (χ1n) is 5.50. The van der Waals surface area contributed by atoms with Gasteiger partial charge in [-0.05, 0) is 30.4 Å². The van der Waals surface area contributed by atoms with Crippen LogP contribution < -0.4 is 10.6 Å². The van der Waals surface area contributed by atoms with E-state index in [0.717, 1.165) is 16.3 Å². The molecule has 2 N–H and O–H groups in total. The van der Waals surface area contributed by atoms with Gasteiger partial charge in [0.1, 0.15) is 5.69 Å². The van der Waals surface area contributed by atoms with Crippen molar-refractivity contribution in [1.82, 2.24) is 9.55 Å². The first-order chi connectivity index (χ1) is 8.65. The van der Waals surface area contributed by atoms with Crippen molar-refractivity contribution in [3.63, 3.8) is 0 Å². The van der Waals surface area contributed by atoms with E-state index < -0.39 is 0 Å². The molecule has 90 valence electrons. The van der Waals surface area contributed by atoms with Gasteiger partial charge in [0, 0.05) is 12.3 Å². The van der Waals surface area contributed by atoms with E-state index in [4.69, 9.17) is 12.2 Å². The largest absolute Gasteiger partial charge is 0.493 e. The number of fused-ring (bicyclic) bond motifs is 1. The molecule has 0 spiro atoms. The molecule has 0 bridgehead atoms. The quantitative estimate of drug-likeness (QED) is 0.755. The highest BCUT2D eigenvalue weighted by molar-refractivity contribution is 7.71. The molecule has 0 saturated carbocycles. The van der Waals surface area contributed by atoms with Crippen LogP contribution in [0.25, 0.3) is 12.2 Å². The molecule has 2 heterocycles. The summed E-state index contributed by atoms with van der Waals surface area (Å²) in [5.41, 5.74) is 1.37. The van der Waals surface area contributed by atoms with E-state index in [1.165, 1.54) is 4.57 Å². The molecule has 0 aliphatic carbocycles. The van der Waals surface area contributed by atoms with Crippen LogP contribution in [-0.2, 0) is 7.05 Å². The topological polar surface area (TPSA) is 53.3 Å². The summed E-state index contributed by atoms with van der Waals surface area (Å²) in [5, 5.41) is 11.9. The molecule has 0 fully saturated rings. The Morgan fingerprint density at radius 2 is 2.17 bits per heavy atom. The molecule has 1 aliphatic heterocycles. The third-order valence-corrected chi connectivity index (χ3v) is 3.26. The summed E-state index contributed by atoms with van der Waals surface area (Å²) in [5.74, 6) is 0.118. The van der Waals surface area contributed by atoms with Gasteiger partial charge < -0.3 is 10.1 Å². The Morgan fingerprint density at radius 1 is 1.39 bits per heavy atom. The number of aromatic amines is 1. The Morgan fingerprint density at radius 3 is 2.83 bits per heavy atom. The number of nitrogens with zero attached hydrogens (tertiary/aromatic N) is 2. The second kappa shape index (κ2) is 3.96. The molecule has 4 nitrogen and oxygen atoms in total.